The van der Waals surface area contributed by atoms with Gasteiger partial charge >= 0.3 is 0 Å². The van der Waals surface area contributed by atoms with Gasteiger partial charge in [-0.1, -0.05) is 19.6 Å². The maximum absolute atomic E-state index is 3.27. The van der Waals surface area contributed by atoms with Crippen LogP contribution in [0, 0.1) is 0 Å². The summed E-state index contributed by atoms with van der Waals surface area (Å²) in [5, 5.41) is 3.27. The number of hydrazine groups is 1. The number of hydrogen-bond acceptors (Lipinski definition) is 2. The van der Waals surface area contributed by atoms with Gasteiger partial charge in [0.05, 0.1) is 0 Å². The zero-order valence-corrected chi connectivity index (χ0v) is 8.45. The van der Waals surface area contributed by atoms with Gasteiger partial charge in [0.2, 0.25) is 0 Å². The van der Waals surface area contributed by atoms with Gasteiger partial charge in [0.1, 0.15) is 19.4 Å². The van der Waals surface area contributed by atoms with E-state index in [2.05, 4.69) is 29.1 Å². The van der Waals surface area contributed by atoms with Crippen LogP contribution in [0.4, 0.5) is 0 Å². The molecule has 0 saturated heterocycles. The second kappa shape index (κ2) is 5.70. The molecule has 0 spiro atoms. The van der Waals surface area contributed by atoms with Gasteiger partial charge in [-0.15, -0.1) is 0 Å². The fourth-order valence-corrected chi connectivity index (χ4v) is 3.02. The van der Waals surface area contributed by atoms with E-state index in [9.17, 15) is 0 Å². The lowest BCUT2D eigenvalue weighted by Crippen LogP contribution is -2.42. The smallest absolute Gasteiger partial charge is 0.153 e. The Morgan fingerprint density at radius 3 is 1.75 bits per heavy atom. The molecule has 6 radical (unpaired) electrons. The van der Waals surface area contributed by atoms with Crippen LogP contribution in [0.15, 0.2) is 0 Å². The monoisotopic (exact) mass is 158 g/mol. The Kier molecular flexibility index (Phi) is 6.11. The van der Waals surface area contributed by atoms with E-state index in [-0.39, 0.29) is 0 Å². The highest BCUT2D eigenvalue weighted by molar-refractivity contribution is 6.50. The summed E-state index contributed by atoms with van der Waals surface area (Å²) in [5.41, 5.74) is 0. The molecule has 0 rings (SSSR count). The third kappa shape index (κ3) is 3.56. The molecule has 5 heteroatoms. The zero-order chi connectivity index (χ0) is 6.41. The van der Waals surface area contributed by atoms with Crippen LogP contribution < -0.4 is 5.09 Å². The van der Waals surface area contributed by atoms with Crippen LogP contribution in [0.1, 0.15) is 0 Å². The van der Waals surface area contributed by atoms with Crippen molar-refractivity contribution in [2.24, 2.45) is 0 Å². The molecule has 0 aromatic rings. The van der Waals surface area contributed by atoms with Crippen LogP contribution in [-0.2, 0) is 0 Å². The highest BCUT2D eigenvalue weighted by Crippen LogP contribution is 1.70. The van der Waals surface area contributed by atoms with E-state index in [1.165, 1.54) is 0 Å². The minimum atomic E-state index is 0.842. The lowest BCUT2D eigenvalue weighted by atomic mass is 11.9. The van der Waals surface area contributed by atoms with E-state index in [1.54, 1.807) is 0 Å². The largest absolute Gasteiger partial charge is 0.296 e. The molecule has 0 heterocycles. The second-order valence-electron chi connectivity index (χ2n) is 1.14. The average Bonchev–Trinajstić information content (AvgIpc) is 1.83. The zero-order valence-electron chi connectivity index (χ0n) is 5.45. The van der Waals surface area contributed by atoms with Crippen molar-refractivity contribution in [2.45, 2.75) is 19.6 Å². The van der Waals surface area contributed by atoms with Gasteiger partial charge in [-0.3, -0.25) is 9.43 Å². The quantitative estimate of drug-likeness (QED) is 0.450. The third-order valence-corrected chi connectivity index (χ3v) is 4.02. The summed E-state index contributed by atoms with van der Waals surface area (Å²) in [7, 11) is 2.64. The van der Waals surface area contributed by atoms with Crippen LogP contribution in [-0.4, -0.2) is 33.4 Å². The maximum atomic E-state index is 3.27. The number of nitrogens with one attached hydrogen (secondary N) is 1. The van der Waals surface area contributed by atoms with Crippen molar-refractivity contribution >= 4 is 29.0 Å². The van der Waals surface area contributed by atoms with Gasteiger partial charge < -0.3 is 0 Å². The van der Waals surface area contributed by atoms with Crippen molar-refractivity contribution in [3.63, 3.8) is 0 Å². The minimum absolute atomic E-state index is 0.842. The summed E-state index contributed by atoms with van der Waals surface area (Å²) in [6.45, 7) is 6.51. The van der Waals surface area contributed by atoms with E-state index in [0.29, 0.717) is 0 Å². The molecule has 0 atom stereocenters. The van der Waals surface area contributed by atoms with Gasteiger partial charge in [0.25, 0.3) is 0 Å². The van der Waals surface area contributed by atoms with Gasteiger partial charge in [0, 0.05) is 0 Å². The first-order chi connectivity index (χ1) is 3.85. The Labute approximate surface area is 58.7 Å². The lowest BCUT2D eigenvalue weighted by Gasteiger charge is -2.15. The molecular formula is C3H10N2Si3. The molecule has 0 aromatic carbocycles. The first-order valence-corrected chi connectivity index (χ1v) is 6.82. The Hall–Kier alpha value is 0.571. The first kappa shape index (κ1) is 8.57. The summed E-state index contributed by atoms with van der Waals surface area (Å²) in [5.74, 6) is 0. The van der Waals surface area contributed by atoms with Crippen molar-refractivity contribution < 1.29 is 0 Å². The van der Waals surface area contributed by atoms with Gasteiger partial charge in [-0.25, -0.2) is 0 Å². The average molecular weight is 158 g/mol. The van der Waals surface area contributed by atoms with Crippen LogP contribution in [0.2, 0.25) is 19.6 Å². The van der Waals surface area contributed by atoms with E-state index in [1.807, 2.05) is 0 Å². The number of nitrogens with zero attached hydrogens (tertiary/aromatic N) is 1. The van der Waals surface area contributed by atoms with Crippen LogP contribution in [0.5, 0.6) is 0 Å². The minimum Gasteiger partial charge on any atom is -0.296 e. The first-order valence-electron chi connectivity index (χ1n) is 2.42. The van der Waals surface area contributed by atoms with Gasteiger partial charge in [-0.2, -0.15) is 0 Å². The fourth-order valence-electron chi connectivity index (χ4n) is 0.335. The van der Waals surface area contributed by atoms with Gasteiger partial charge in [-0.05, 0) is 0 Å². The van der Waals surface area contributed by atoms with Gasteiger partial charge in [0.15, 0.2) is 9.68 Å². The third-order valence-electron chi connectivity index (χ3n) is 0.671. The van der Waals surface area contributed by atoms with E-state index in [0.717, 1.165) is 29.0 Å². The summed E-state index contributed by atoms with van der Waals surface area (Å²) in [6.07, 6.45) is 0. The predicted octanol–water partition coefficient (Wildman–Crippen LogP) is -0.205. The Balaban J connectivity index is 3.07. The number of hydrogen-bond donors (Lipinski definition) is 1. The molecule has 0 unspecified atom stereocenters. The molecule has 2 nitrogen and oxygen atoms in total. The lowest BCUT2D eigenvalue weighted by molar-refractivity contribution is 0.645. The molecule has 44 valence electrons. The predicted molar refractivity (Wildman–Crippen MR) is 39.8 cm³/mol. The molecule has 0 bridgehead atoms. The molecular weight excluding hydrogens is 148 g/mol. The number of rotatable bonds is 4. The van der Waals surface area contributed by atoms with Crippen molar-refractivity contribution in [1.82, 2.24) is 9.43 Å². The highest BCUT2D eigenvalue weighted by atomic mass is 28.3. The molecule has 0 aliphatic heterocycles. The van der Waals surface area contributed by atoms with Crippen molar-refractivity contribution in [1.29, 1.82) is 0 Å². The second-order valence-corrected chi connectivity index (χ2v) is 4.10. The summed E-state index contributed by atoms with van der Waals surface area (Å²) in [6, 6.07) is 0. The Bertz CT molecular complexity index is 47.8. The molecule has 0 aliphatic rings. The summed E-state index contributed by atoms with van der Waals surface area (Å²) >= 11 is 0. The summed E-state index contributed by atoms with van der Waals surface area (Å²) < 4.78 is 2.25. The van der Waals surface area contributed by atoms with Crippen molar-refractivity contribution in [3.05, 3.63) is 0 Å². The van der Waals surface area contributed by atoms with Crippen LogP contribution in [0.3, 0.4) is 0 Å². The maximum Gasteiger partial charge on any atom is 0.153 e. The topological polar surface area (TPSA) is 15.3 Å². The molecule has 0 aliphatic carbocycles. The molecule has 8 heavy (non-hydrogen) atoms. The van der Waals surface area contributed by atoms with Crippen molar-refractivity contribution in [2.75, 3.05) is 0 Å². The Morgan fingerprint density at radius 2 is 1.62 bits per heavy atom. The summed E-state index contributed by atoms with van der Waals surface area (Å²) in [4.78, 5) is 0. The molecule has 0 aromatic heterocycles. The highest BCUT2D eigenvalue weighted by Gasteiger charge is 1.94. The van der Waals surface area contributed by atoms with E-state index >= 15 is 0 Å². The van der Waals surface area contributed by atoms with E-state index in [4.69, 9.17) is 0 Å². The van der Waals surface area contributed by atoms with E-state index < -0.39 is 0 Å². The molecule has 0 fully saturated rings. The SMILES string of the molecule is C[Si]NN([Si]C)[Si]C. The van der Waals surface area contributed by atoms with Crippen LogP contribution in [0.25, 0.3) is 0 Å². The standard InChI is InChI=1S/C3H10N2Si3/c1-6-4-5(7-2)8-3/h4H,1-3H3. The molecule has 0 amide bonds. The Morgan fingerprint density at radius 1 is 1.12 bits per heavy atom. The van der Waals surface area contributed by atoms with Crippen molar-refractivity contribution in [3.8, 4) is 0 Å². The normalized spacial score (nSPS) is 10.5. The molecule has 0 saturated carbocycles. The van der Waals surface area contributed by atoms with Crippen LogP contribution >= 0.6 is 0 Å². The fraction of sp³-hybridized carbons (Fsp3) is 1.00. The molecule has 1 N–H and O–H groups in total.